The molecule has 0 spiro atoms. The number of aliphatic hydroxyl groups is 3. The lowest BCUT2D eigenvalue weighted by Crippen LogP contribution is -2.37. The molecular formula is C48H89NO12P+. The average molecular weight is 903 g/mol. The summed E-state index contributed by atoms with van der Waals surface area (Å²) < 4.78 is 34.2. The number of ketones is 1. The van der Waals surface area contributed by atoms with Crippen LogP contribution in [-0.2, 0) is 37.5 Å². The molecule has 0 heterocycles. The number of nitrogens with zero attached hydrogens (tertiary/aromatic N) is 1. The fourth-order valence-electron chi connectivity index (χ4n) is 7.53. The highest BCUT2D eigenvalue weighted by atomic mass is 31.2. The number of Topliss-reactive ketones (excluding diaryl/α,β-unsaturated/α-hetero) is 1. The van der Waals surface area contributed by atoms with Gasteiger partial charge < -0.3 is 34.2 Å². The quantitative estimate of drug-likeness (QED) is 0.0150. The summed E-state index contributed by atoms with van der Waals surface area (Å²) >= 11 is 0. The lowest BCUT2D eigenvalue weighted by atomic mass is 9.87. The Balaban J connectivity index is 2.48. The van der Waals surface area contributed by atoms with E-state index in [4.69, 9.17) is 18.5 Å². The van der Waals surface area contributed by atoms with Crippen molar-refractivity contribution in [3.8, 4) is 0 Å². The minimum Gasteiger partial charge on any atom is -0.462 e. The van der Waals surface area contributed by atoms with Crippen LogP contribution < -0.4 is 0 Å². The van der Waals surface area contributed by atoms with Gasteiger partial charge in [0.15, 0.2) is 6.10 Å². The third kappa shape index (κ3) is 31.8. The minimum absolute atomic E-state index is 0.00344. The van der Waals surface area contributed by atoms with Gasteiger partial charge in [-0.3, -0.25) is 23.4 Å². The molecule has 0 radical (unpaired) electrons. The van der Waals surface area contributed by atoms with Gasteiger partial charge in [0.25, 0.3) is 0 Å². The number of esters is 2. The van der Waals surface area contributed by atoms with Crippen LogP contribution in [0.2, 0.25) is 0 Å². The molecule has 0 amide bonds. The number of carbonyl (C=O) groups excluding carboxylic acids is 3. The van der Waals surface area contributed by atoms with Crippen LogP contribution in [0.4, 0.5) is 0 Å². The van der Waals surface area contributed by atoms with Gasteiger partial charge in [-0.2, -0.15) is 0 Å². The Bertz CT molecular complexity index is 1290. The second-order valence-corrected chi connectivity index (χ2v) is 19.9. The molecule has 0 aromatic heterocycles. The van der Waals surface area contributed by atoms with Crippen LogP contribution in [0.1, 0.15) is 181 Å². The Morgan fingerprint density at radius 2 is 1.26 bits per heavy atom. The molecule has 1 unspecified atom stereocenters. The highest BCUT2D eigenvalue weighted by Gasteiger charge is 2.41. The van der Waals surface area contributed by atoms with Crippen molar-refractivity contribution >= 4 is 25.5 Å². The van der Waals surface area contributed by atoms with Crippen molar-refractivity contribution in [1.82, 2.24) is 0 Å². The highest BCUT2D eigenvalue weighted by Crippen LogP contribution is 2.43. The van der Waals surface area contributed by atoms with E-state index in [0.29, 0.717) is 36.7 Å². The van der Waals surface area contributed by atoms with Gasteiger partial charge in [-0.15, -0.1) is 0 Å². The van der Waals surface area contributed by atoms with Crippen molar-refractivity contribution in [2.24, 2.45) is 11.8 Å². The van der Waals surface area contributed by atoms with Gasteiger partial charge in [0.05, 0.1) is 46.1 Å². The lowest BCUT2D eigenvalue weighted by Gasteiger charge is -2.24. The maximum absolute atomic E-state index is 12.9. The third-order valence-corrected chi connectivity index (χ3v) is 12.4. The van der Waals surface area contributed by atoms with E-state index in [-0.39, 0.29) is 51.1 Å². The molecule has 62 heavy (non-hydrogen) atoms. The van der Waals surface area contributed by atoms with Crippen molar-refractivity contribution in [3.63, 3.8) is 0 Å². The topological polar surface area (TPSA) is 186 Å². The van der Waals surface area contributed by atoms with E-state index in [1.165, 1.54) is 57.8 Å². The molecule has 1 saturated carbocycles. The normalized spacial score (nSPS) is 20.1. The average Bonchev–Trinajstić information content (AvgIpc) is 3.47. The van der Waals surface area contributed by atoms with Crippen LogP contribution in [0.15, 0.2) is 24.3 Å². The molecule has 1 fully saturated rings. The zero-order chi connectivity index (χ0) is 46.1. The van der Waals surface area contributed by atoms with Crippen LogP contribution >= 0.6 is 7.82 Å². The molecule has 0 aromatic carbocycles. The molecule has 14 heteroatoms. The predicted octanol–water partition coefficient (Wildman–Crippen LogP) is 9.47. The molecule has 13 nitrogen and oxygen atoms in total. The molecule has 1 aliphatic carbocycles. The maximum atomic E-state index is 12.9. The van der Waals surface area contributed by atoms with Gasteiger partial charge in [0.2, 0.25) is 0 Å². The number of likely N-dealkylation sites (N-methyl/N-ethyl adjacent to an activating group) is 1. The van der Waals surface area contributed by atoms with Crippen molar-refractivity contribution in [2.45, 2.75) is 205 Å². The first kappa shape index (κ1) is 58.1. The van der Waals surface area contributed by atoms with Crippen molar-refractivity contribution in [2.75, 3.05) is 47.5 Å². The molecular weight excluding hydrogens is 813 g/mol. The summed E-state index contributed by atoms with van der Waals surface area (Å²) in [7, 11) is 1.27. The summed E-state index contributed by atoms with van der Waals surface area (Å²) in [5.74, 6) is -2.06. The smallest absolute Gasteiger partial charge is 0.462 e. The van der Waals surface area contributed by atoms with E-state index >= 15 is 0 Å². The van der Waals surface area contributed by atoms with E-state index in [2.05, 4.69) is 26.0 Å². The van der Waals surface area contributed by atoms with Crippen molar-refractivity contribution in [3.05, 3.63) is 24.3 Å². The largest absolute Gasteiger partial charge is 0.472 e. The number of aliphatic hydroxyl groups excluding tert-OH is 3. The van der Waals surface area contributed by atoms with Crippen LogP contribution in [0.3, 0.4) is 0 Å². The lowest BCUT2D eigenvalue weighted by molar-refractivity contribution is -0.870. The number of hydrogen-bond acceptors (Lipinski definition) is 11. The molecule has 1 rings (SSSR count). The van der Waals surface area contributed by atoms with Gasteiger partial charge in [0, 0.05) is 43.9 Å². The van der Waals surface area contributed by atoms with E-state index in [9.17, 15) is 39.2 Å². The van der Waals surface area contributed by atoms with Gasteiger partial charge in [-0.1, -0.05) is 122 Å². The van der Waals surface area contributed by atoms with Gasteiger partial charge >= 0.3 is 19.8 Å². The number of unbranched alkanes of at least 4 members (excludes halogenated alkanes) is 16. The summed E-state index contributed by atoms with van der Waals surface area (Å²) in [6.45, 7) is 3.89. The fraction of sp³-hybridized carbons (Fsp3) is 0.854. The molecule has 0 aliphatic heterocycles. The van der Waals surface area contributed by atoms with E-state index < -0.39 is 62.6 Å². The zero-order valence-corrected chi connectivity index (χ0v) is 40.3. The van der Waals surface area contributed by atoms with Gasteiger partial charge in [-0.05, 0) is 51.4 Å². The van der Waals surface area contributed by atoms with Gasteiger partial charge in [-0.25, -0.2) is 4.57 Å². The number of allylic oxidation sites excluding steroid dienone is 2. The number of rotatable bonds is 40. The van der Waals surface area contributed by atoms with Crippen molar-refractivity contribution < 1.29 is 62.2 Å². The summed E-state index contributed by atoms with van der Waals surface area (Å²) in [5.41, 5.74) is 0. The van der Waals surface area contributed by atoms with E-state index in [1.807, 2.05) is 21.1 Å². The standard InChI is InChI=1S/C48H88NO12P/c1-6-8-10-11-12-13-14-15-16-17-18-19-20-21-22-23-25-31-48(55)61-42(39-60-62(56,57)59-35-34-49(3,4)5)38-58-47(54)30-27-26-29-41(51)36-44-43(45(52)37-46(44)53)33-32-40(50)28-24-9-7-2/h15-16,32-33,40,42-46,50,52-53H,6-14,17-31,34-39H2,1-5H3/p+1/b16-15-,33-32+/t40-,42+,43+,44+,45+,46-/m0/s1. The van der Waals surface area contributed by atoms with E-state index in [1.54, 1.807) is 12.2 Å². The number of quaternary nitrogens is 1. The summed E-state index contributed by atoms with van der Waals surface area (Å²) in [6.07, 6.45) is 27.1. The number of hydrogen-bond donors (Lipinski definition) is 4. The van der Waals surface area contributed by atoms with Crippen molar-refractivity contribution in [1.29, 1.82) is 0 Å². The zero-order valence-electron chi connectivity index (χ0n) is 39.4. The van der Waals surface area contributed by atoms with Gasteiger partial charge in [0.1, 0.15) is 25.5 Å². The Labute approximate surface area is 375 Å². The molecule has 7 atom stereocenters. The fourth-order valence-corrected chi connectivity index (χ4v) is 8.28. The first-order valence-corrected chi connectivity index (χ1v) is 25.7. The second-order valence-electron chi connectivity index (χ2n) is 18.5. The first-order valence-electron chi connectivity index (χ1n) is 24.2. The molecule has 1 aliphatic rings. The first-order chi connectivity index (χ1) is 29.6. The van der Waals surface area contributed by atoms with Crippen LogP contribution in [0.5, 0.6) is 0 Å². The SMILES string of the molecule is CCCCCCCC/C=C\CCCCCCCCCC(=O)O[C@H](COC(=O)CCCCC(=O)C[C@@H]1[C@@H](/C=C/[C@@H](O)CCCCC)[C@H](O)C[C@@H]1O)COP(=O)(O)OCC[N+](C)(C)C. The number of phosphoric ester groups is 1. The van der Waals surface area contributed by atoms with E-state index in [0.717, 1.165) is 51.4 Å². The predicted molar refractivity (Wildman–Crippen MR) is 245 cm³/mol. The summed E-state index contributed by atoms with van der Waals surface area (Å²) in [4.78, 5) is 48.5. The third-order valence-electron chi connectivity index (χ3n) is 11.4. The number of carbonyl (C=O) groups is 3. The van der Waals surface area contributed by atoms with Crippen LogP contribution in [-0.4, -0.2) is 114 Å². The number of phosphoric acid groups is 1. The maximum Gasteiger partial charge on any atom is 0.472 e. The van der Waals surface area contributed by atoms with Crippen LogP contribution in [0, 0.1) is 11.8 Å². The second kappa shape index (κ2) is 35.3. The molecule has 4 N–H and O–H groups in total. The molecule has 0 bridgehead atoms. The summed E-state index contributed by atoms with van der Waals surface area (Å²) in [6, 6.07) is 0. The Morgan fingerprint density at radius 1 is 0.710 bits per heavy atom. The van der Waals surface area contributed by atoms with Crippen LogP contribution in [0.25, 0.3) is 0 Å². The monoisotopic (exact) mass is 903 g/mol. The Kier molecular flexibility index (Phi) is 33.1. The molecule has 0 saturated heterocycles. The molecule has 0 aromatic rings. The molecule has 362 valence electrons. The number of ether oxygens (including phenoxy) is 2. The Morgan fingerprint density at radius 3 is 1.89 bits per heavy atom. The minimum atomic E-state index is -4.47. The Hall–Kier alpha value is -1.96. The summed E-state index contributed by atoms with van der Waals surface area (Å²) in [5, 5.41) is 31.4. The highest BCUT2D eigenvalue weighted by molar-refractivity contribution is 7.47.